The maximum Gasteiger partial charge on any atom is 0.0961 e. The molecule has 0 aromatic heterocycles. The first-order chi connectivity index (χ1) is 9.01. The van der Waals surface area contributed by atoms with Gasteiger partial charge < -0.3 is 20.4 Å². The van der Waals surface area contributed by atoms with Crippen molar-refractivity contribution in [2.24, 2.45) is 10.8 Å². The van der Waals surface area contributed by atoms with Gasteiger partial charge in [-0.25, -0.2) is 0 Å². The van der Waals surface area contributed by atoms with E-state index in [-0.39, 0.29) is 50.5 Å². The van der Waals surface area contributed by atoms with Crippen molar-refractivity contribution in [3.05, 3.63) is 11.8 Å². The van der Waals surface area contributed by atoms with Crippen molar-refractivity contribution in [1.82, 2.24) is 0 Å². The van der Waals surface area contributed by atoms with E-state index >= 15 is 0 Å². The van der Waals surface area contributed by atoms with Crippen molar-refractivity contribution in [3.8, 4) is 0 Å². The summed E-state index contributed by atoms with van der Waals surface area (Å²) >= 11 is 0. The molecule has 1 unspecified atom stereocenters. The first-order valence-corrected chi connectivity index (χ1v) is 7.47. The maximum absolute atomic E-state index is 9.68. The Morgan fingerprint density at radius 3 is 1.14 bits per heavy atom. The monoisotopic (exact) mass is 354 g/mol. The molecule has 0 aromatic rings. The summed E-state index contributed by atoms with van der Waals surface area (Å²) in [6.45, 7) is 18.4. The average Bonchev–Trinajstić information content (AvgIpc) is 2.11. The summed E-state index contributed by atoms with van der Waals surface area (Å²) in [7, 11) is 0. The fraction of sp³-hybridized carbons (Fsp3) is 0.882. The second kappa shape index (κ2) is 13.6. The van der Waals surface area contributed by atoms with Crippen LogP contribution in [0.25, 0.3) is 0 Å². The molecule has 0 aliphatic heterocycles. The topological polar surface area (TPSA) is 80.9 Å². The summed E-state index contributed by atoms with van der Waals surface area (Å²) in [5.41, 5.74) is -0.508. The van der Waals surface area contributed by atoms with E-state index in [1.165, 1.54) is 6.08 Å². The molecule has 1 atom stereocenters. The Hall–Kier alpha value is 0.134. The molecule has 0 aromatic carbocycles. The number of rotatable bonds is 1. The van der Waals surface area contributed by atoms with Crippen LogP contribution in [0.15, 0.2) is 11.8 Å². The molecule has 0 amide bonds. The Labute approximate surface area is 152 Å². The summed E-state index contributed by atoms with van der Waals surface area (Å²) in [6.07, 6.45) is 0.590. The third-order valence-corrected chi connectivity index (χ3v) is 1.97. The molecule has 5 heteroatoms. The van der Waals surface area contributed by atoms with Crippen molar-refractivity contribution < 1.29 is 42.1 Å². The van der Waals surface area contributed by atoms with Crippen LogP contribution >= 0.6 is 0 Å². The van der Waals surface area contributed by atoms with Gasteiger partial charge in [0.05, 0.1) is 11.9 Å². The van der Waals surface area contributed by atoms with Gasteiger partial charge in [0.2, 0.25) is 0 Å². The summed E-state index contributed by atoms with van der Waals surface area (Å²) < 4.78 is 0. The number of allylic oxidation sites excluding steroid dienone is 1. The van der Waals surface area contributed by atoms with Gasteiger partial charge in [-0.1, -0.05) is 41.5 Å². The number of hydrogen-bond acceptors (Lipinski definition) is 4. The third kappa shape index (κ3) is 28.3. The summed E-state index contributed by atoms with van der Waals surface area (Å²) in [6, 6.07) is 0. The zero-order valence-corrected chi connectivity index (χ0v) is 17.7. The number of aliphatic hydroxyl groups is 4. The van der Waals surface area contributed by atoms with E-state index in [0.29, 0.717) is 0 Å². The van der Waals surface area contributed by atoms with Crippen LogP contribution in [0.4, 0.5) is 0 Å². The van der Waals surface area contributed by atoms with Crippen LogP contribution in [-0.4, -0.2) is 38.7 Å². The van der Waals surface area contributed by atoms with E-state index in [0.717, 1.165) is 0 Å². The molecule has 0 radical (unpaired) electrons. The van der Waals surface area contributed by atoms with Gasteiger partial charge in [-0.15, -0.1) is 0 Å². The van der Waals surface area contributed by atoms with Crippen molar-refractivity contribution in [1.29, 1.82) is 0 Å². The molecule has 0 fully saturated rings. The van der Waals surface area contributed by atoms with Gasteiger partial charge in [0.15, 0.2) is 0 Å². The van der Waals surface area contributed by atoms with Crippen LogP contribution in [0.2, 0.25) is 0 Å². The minimum Gasteiger partial charge on any atom is -0.512 e. The number of hydrogen-bond donors (Lipinski definition) is 4. The quantitative estimate of drug-likeness (QED) is 0.428. The van der Waals surface area contributed by atoms with Gasteiger partial charge in [-0.05, 0) is 39.2 Å². The van der Waals surface area contributed by atoms with Crippen LogP contribution in [0.1, 0.15) is 69.2 Å². The molecular weight excluding hydrogens is 316 g/mol. The Morgan fingerprint density at radius 1 is 0.773 bits per heavy atom. The Balaban J connectivity index is -0.000000150. The second-order valence-electron chi connectivity index (χ2n) is 7.80. The van der Waals surface area contributed by atoms with Gasteiger partial charge in [0.25, 0.3) is 0 Å². The molecular formula is C17H38O4Ti. The molecule has 0 spiro atoms. The molecule has 134 valence electrons. The molecule has 0 rings (SSSR count). The SMILES string of the molecule is CC(C)(C)C(O)=CC(O)C(C)(C)C.CC(C)O.CC(C)O.[Ti]. The molecule has 0 saturated carbocycles. The predicted octanol–water partition coefficient (Wildman–Crippen LogP) is 3.65. The van der Waals surface area contributed by atoms with Gasteiger partial charge >= 0.3 is 0 Å². The Morgan fingerprint density at radius 2 is 1.00 bits per heavy atom. The van der Waals surface area contributed by atoms with Crippen molar-refractivity contribution in [2.45, 2.75) is 87.5 Å². The van der Waals surface area contributed by atoms with E-state index < -0.39 is 6.10 Å². The molecule has 0 saturated heterocycles. The standard InChI is InChI=1S/C11H22O2.2C3H8O.Ti/c1-10(2,3)8(12)7-9(13)11(4,5)6;2*1-3(2)4;/h7-8,12-13H,1-6H3;2*3-4H,1-2H3;. The van der Waals surface area contributed by atoms with E-state index in [1.807, 2.05) is 41.5 Å². The Bertz CT molecular complexity index is 262. The van der Waals surface area contributed by atoms with E-state index in [2.05, 4.69) is 0 Å². The van der Waals surface area contributed by atoms with Gasteiger partial charge in [0, 0.05) is 39.3 Å². The van der Waals surface area contributed by atoms with Crippen LogP contribution in [-0.2, 0) is 21.7 Å². The van der Waals surface area contributed by atoms with Crippen LogP contribution < -0.4 is 0 Å². The first kappa shape index (κ1) is 30.1. The van der Waals surface area contributed by atoms with E-state index in [1.54, 1.807) is 27.7 Å². The van der Waals surface area contributed by atoms with Crippen LogP contribution in [0.5, 0.6) is 0 Å². The van der Waals surface area contributed by atoms with Crippen molar-refractivity contribution in [3.63, 3.8) is 0 Å². The maximum atomic E-state index is 9.68. The molecule has 0 aliphatic rings. The van der Waals surface area contributed by atoms with Crippen molar-refractivity contribution >= 4 is 0 Å². The molecule has 0 heterocycles. The predicted molar refractivity (Wildman–Crippen MR) is 90.3 cm³/mol. The van der Waals surface area contributed by atoms with Gasteiger partial charge in [0.1, 0.15) is 0 Å². The normalized spacial score (nSPS) is 13.5. The average molecular weight is 354 g/mol. The summed E-state index contributed by atoms with van der Waals surface area (Å²) in [5, 5.41) is 35.4. The molecule has 0 aliphatic carbocycles. The minimum absolute atomic E-state index is 0. The van der Waals surface area contributed by atoms with Crippen LogP contribution in [0.3, 0.4) is 0 Å². The zero-order valence-electron chi connectivity index (χ0n) is 16.1. The fourth-order valence-electron chi connectivity index (χ4n) is 0.650. The zero-order chi connectivity index (χ0) is 18.0. The largest absolute Gasteiger partial charge is 0.512 e. The fourth-order valence-corrected chi connectivity index (χ4v) is 0.650. The molecule has 4 nitrogen and oxygen atoms in total. The van der Waals surface area contributed by atoms with E-state index in [4.69, 9.17) is 10.2 Å². The summed E-state index contributed by atoms with van der Waals surface area (Å²) in [5.74, 6) is 0.245. The first-order valence-electron chi connectivity index (χ1n) is 7.47. The molecule has 0 bridgehead atoms. The second-order valence-corrected chi connectivity index (χ2v) is 7.80. The number of aliphatic hydroxyl groups excluding tert-OH is 4. The van der Waals surface area contributed by atoms with Crippen LogP contribution in [0, 0.1) is 10.8 Å². The minimum atomic E-state index is -0.605. The summed E-state index contributed by atoms with van der Waals surface area (Å²) in [4.78, 5) is 0. The Kier molecular flexibility index (Phi) is 18.5. The van der Waals surface area contributed by atoms with Crippen molar-refractivity contribution in [2.75, 3.05) is 0 Å². The smallest absolute Gasteiger partial charge is 0.0961 e. The van der Waals surface area contributed by atoms with Gasteiger partial charge in [-0.3, -0.25) is 0 Å². The molecule has 4 N–H and O–H groups in total. The third-order valence-electron chi connectivity index (χ3n) is 1.97. The molecule has 22 heavy (non-hydrogen) atoms. The van der Waals surface area contributed by atoms with Gasteiger partial charge in [-0.2, -0.15) is 0 Å². The van der Waals surface area contributed by atoms with E-state index in [9.17, 15) is 10.2 Å².